The van der Waals surface area contributed by atoms with E-state index in [4.69, 9.17) is 23.2 Å². The van der Waals surface area contributed by atoms with Crippen molar-refractivity contribution < 1.29 is 14.7 Å². The number of aromatic nitrogens is 1. The Balaban J connectivity index is 2.46. The average Bonchev–Trinajstić information content (AvgIpc) is 2.75. The molecule has 1 heterocycles. The average molecular weight is 329 g/mol. The molecule has 21 heavy (non-hydrogen) atoms. The van der Waals surface area contributed by atoms with Crippen LogP contribution >= 0.6 is 23.2 Å². The molecule has 0 bridgehead atoms. The quantitative estimate of drug-likeness (QED) is 0.784. The lowest BCUT2D eigenvalue weighted by Gasteiger charge is -2.06. The van der Waals surface area contributed by atoms with Crippen LogP contribution in [0.5, 0.6) is 0 Å². The van der Waals surface area contributed by atoms with Gasteiger partial charge in [0.2, 0.25) is 5.91 Å². The summed E-state index contributed by atoms with van der Waals surface area (Å²) in [5.74, 6) is -1.24. The standard InChI is InChI=1S/C14H14Cl2N2O3/c1-2-3-11(19)17-6-8-12-9(16)4-7(15)5-10(12)18-13(8)14(20)21/h4-5,18H,2-3,6H2,1H3,(H,17,19)(H,20,21). The van der Waals surface area contributed by atoms with Crippen LogP contribution in [0, 0.1) is 0 Å². The fourth-order valence-corrected chi connectivity index (χ4v) is 2.78. The van der Waals surface area contributed by atoms with E-state index in [2.05, 4.69) is 10.3 Å². The maximum atomic E-state index is 11.6. The van der Waals surface area contributed by atoms with Gasteiger partial charge in [-0.3, -0.25) is 4.79 Å². The number of hydrogen-bond donors (Lipinski definition) is 3. The molecule has 0 aliphatic rings. The highest BCUT2D eigenvalue weighted by Gasteiger charge is 2.20. The lowest BCUT2D eigenvalue weighted by atomic mass is 10.1. The third-order valence-corrected chi connectivity index (χ3v) is 3.59. The molecule has 3 N–H and O–H groups in total. The molecule has 0 spiro atoms. The molecule has 1 aromatic carbocycles. The first kappa shape index (κ1) is 15.7. The summed E-state index contributed by atoms with van der Waals surface area (Å²) in [6.45, 7) is 1.99. The second-order valence-corrected chi connectivity index (χ2v) is 5.46. The van der Waals surface area contributed by atoms with Crippen molar-refractivity contribution in [2.75, 3.05) is 0 Å². The number of carbonyl (C=O) groups is 2. The monoisotopic (exact) mass is 328 g/mol. The molecule has 0 saturated heterocycles. The molecular formula is C14H14Cl2N2O3. The van der Waals surface area contributed by atoms with E-state index < -0.39 is 5.97 Å². The fraction of sp³-hybridized carbons (Fsp3) is 0.286. The number of carbonyl (C=O) groups excluding carboxylic acids is 1. The molecule has 2 aromatic rings. The normalized spacial score (nSPS) is 10.8. The maximum absolute atomic E-state index is 11.6. The Morgan fingerprint density at radius 1 is 1.33 bits per heavy atom. The SMILES string of the molecule is CCCC(=O)NCc1c(C(=O)O)[nH]c2cc(Cl)cc(Cl)c12. The molecule has 1 amide bonds. The minimum Gasteiger partial charge on any atom is -0.477 e. The molecule has 5 nitrogen and oxygen atoms in total. The minimum atomic E-state index is -1.11. The summed E-state index contributed by atoms with van der Waals surface area (Å²) < 4.78 is 0. The topological polar surface area (TPSA) is 82.2 Å². The van der Waals surface area contributed by atoms with Gasteiger partial charge >= 0.3 is 5.97 Å². The van der Waals surface area contributed by atoms with Gasteiger partial charge in [-0.25, -0.2) is 4.79 Å². The van der Waals surface area contributed by atoms with Crippen molar-refractivity contribution in [1.82, 2.24) is 10.3 Å². The number of rotatable bonds is 5. The molecule has 0 radical (unpaired) electrons. The number of benzene rings is 1. The van der Waals surface area contributed by atoms with E-state index in [0.717, 1.165) is 6.42 Å². The Hall–Kier alpha value is -1.72. The van der Waals surface area contributed by atoms with Gasteiger partial charge < -0.3 is 15.4 Å². The fourth-order valence-electron chi connectivity index (χ4n) is 2.18. The predicted octanol–water partition coefficient (Wildman–Crippen LogP) is 3.59. The zero-order chi connectivity index (χ0) is 15.6. The first-order chi connectivity index (χ1) is 9.93. The van der Waals surface area contributed by atoms with Crippen molar-refractivity contribution in [2.24, 2.45) is 0 Å². The molecule has 0 aliphatic carbocycles. The highest BCUT2D eigenvalue weighted by molar-refractivity contribution is 6.39. The van der Waals surface area contributed by atoms with Crippen LogP contribution in [-0.2, 0) is 11.3 Å². The summed E-state index contributed by atoms with van der Waals surface area (Å²) in [5, 5.41) is 13.3. The molecule has 0 unspecified atom stereocenters. The molecule has 1 aromatic heterocycles. The summed E-state index contributed by atoms with van der Waals surface area (Å²) in [6.07, 6.45) is 1.12. The number of amides is 1. The Labute approximate surface area is 131 Å². The van der Waals surface area contributed by atoms with E-state index >= 15 is 0 Å². The van der Waals surface area contributed by atoms with Crippen LogP contribution in [0.1, 0.15) is 35.8 Å². The van der Waals surface area contributed by atoms with Crippen molar-refractivity contribution >= 4 is 46.0 Å². The van der Waals surface area contributed by atoms with Gasteiger partial charge in [-0.1, -0.05) is 30.1 Å². The van der Waals surface area contributed by atoms with Crippen LogP contribution in [-0.4, -0.2) is 22.0 Å². The van der Waals surface area contributed by atoms with Crippen molar-refractivity contribution in [1.29, 1.82) is 0 Å². The van der Waals surface area contributed by atoms with Crippen molar-refractivity contribution in [2.45, 2.75) is 26.3 Å². The second-order valence-electron chi connectivity index (χ2n) is 4.62. The molecule has 0 saturated carbocycles. The van der Waals surface area contributed by atoms with E-state index in [9.17, 15) is 14.7 Å². The first-order valence-electron chi connectivity index (χ1n) is 6.43. The zero-order valence-corrected chi connectivity index (χ0v) is 12.8. The first-order valence-corrected chi connectivity index (χ1v) is 7.19. The largest absolute Gasteiger partial charge is 0.477 e. The molecule has 0 atom stereocenters. The van der Waals surface area contributed by atoms with Gasteiger partial charge in [-0.05, 0) is 18.6 Å². The van der Waals surface area contributed by atoms with Gasteiger partial charge in [0, 0.05) is 34.5 Å². The van der Waals surface area contributed by atoms with Crippen LogP contribution in [0.25, 0.3) is 10.9 Å². The lowest BCUT2D eigenvalue weighted by molar-refractivity contribution is -0.121. The van der Waals surface area contributed by atoms with Gasteiger partial charge in [0.25, 0.3) is 0 Å². The van der Waals surface area contributed by atoms with Crippen molar-refractivity contribution in [3.05, 3.63) is 33.4 Å². The highest BCUT2D eigenvalue weighted by atomic mass is 35.5. The summed E-state index contributed by atoms with van der Waals surface area (Å²) in [5.41, 5.74) is 0.985. The number of hydrogen-bond acceptors (Lipinski definition) is 2. The Kier molecular flexibility index (Phi) is 4.75. The van der Waals surface area contributed by atoms with E-state index in [0.29, 0.717) is 32.9 Å². The zero-order valence-electron chi connectivity index (χ0n) is 11.3. The maximum Gasteiger partial charge on any atom is 0.352 e. The van der Waals surface area contributed by atoms with Crippen LogP contribution in [0.4, 0.5) is 0 Å². The van der Waals surface area contributed by atoms with Gasteiger partial charge in [0.1, 0.15) is 5.69 Å². The van der Waals surface area contributed by atoms with Crippen LogP contribution in [0.2, 0.25) is 10.0 Å². The molecule has 0 fully saturated rings. The van der Waals surface area contributed by atoms with Gasteiger partial charge in [-0.15, -0.1) is 0 Å². The molecule has 112 valence electrons. The Bertz CT molecular complexity index is 710. The van der Waals surface area contributed by atoms with Crippen molar-refractivity contribution in [3.63, 3.8) is 0 Å². The second kappa shape index (κ2) is 6.37. The molecule has 7 heteroatoms. The van der Waals surface area contributed by atoms with E-state index in [-0.39, 0.29) is 18.1 Å². The summed E-state index contributed by atoms with van der Waals surface area (Å²) >= 11 is 12.1. The lowest BCUT2D eigenvalue weighted by Crippen LogP contribution is -2.23. The summed E-state index contributed by atoms with van der Waals surface area (Å²) in [7, 11) is 0. The van der Waals surface area contributed by atoms with Crippen molar-refractivity contribution in [3.8, 4) is 0 Å². The predicted molar refractivity (Wildman–Crippen MR) is 82.0 cm³/mol. The number of fused-ring (bicyclic) bond motifs is 1. The van der Waals surface area contributed by atoms with E-state index in [1.807, 2.05) is 6.92 Å². The third kappa shape index (κ3) is 3.31. The molecule has 0 aliphatic heterocycles. The van der Waals surface area contributed by atoms with Gasteiger partial charge in [0.05, 0.1) is 5.02 Å². The number of H-pyrrole nitrogens is 1. The number of nitrogens with one attached hydrogen (secondary N) is 2. The number of aromatic amines is 1. The van der Waals surface area contributed by atoms with E-state index in [1.165, 1.54) is 0 Å². The van der Waals surface area contributed by atoms with Crippen LogP contribution in [0.15, 0.2) is 12.1 Å². The van der Waals surface area contributed by atoms with E-state index in [1.54, 1.807) is 12.1 Å². The highest BCUT2D eigenvalue weighted by Crippen LogP contribution is 2.32. The summed E-state index contributed by atoms with van der Waals surface area (Å²) in [4.78, 5) is 25.7. The minimum absolute atomic E-state index is 0.00552. The molecule has 2 rings (SSSR count). The third-order valence-electron chi connectivity index (χ3n) is 3.07. The molecular weight excluding hydrogens is 315 g/mol. The number of carboxylic acid groups (broad SMARTS) is 1. The van der Waals surface area contributed by atoms with Gasteiger partial charge in [-0.2, -0.15) is 0 Å². The number of halogens is 2. The number of carboxylic acids is 1. The number of aromatic carboxylic acids is 1. The Morgan fingerprint density at radius 2 is 2.05 bits per heavy atom. The Morgan fingerprint density at radius 3 is 2.67 bits per heavy atom. The summed E-state index contributed by atoms with van der Waals surface area (Å²) in [6, 6.07) is 3.15. The van der Waals surface area contributed by atoms with Gasteiger partial charge in [0.15, 0.2) is 0 Å². The van der Waals surface area contributed by atoms with Crippen LogP contribution in [0.3, 0.4) is 0 Å². The smallest absolute Gasteiger partial charge is 0.352 e. The van der Waals surface area contributed by atoms with Crippen LogP contribution < -0.4 is 5.32 Å².